The van der Waals surface area contributed by atoms with Crippen molar-refractivity contribution in [3.05, 3.63) is 22.3 Å². The van der Waals surface area contributed by atoms with Crippen LogP contribution < -0.4 is 5.32 Å². The maximum atomic E-state index is 13.0. The van der Waals surface area contributed by atoms with Crippen molar-refractivity contribution in [2.75, 3.05) is 13.1 Å². The van der Waals surface area contributed by atoms with E-state index >= 15 is 0 Å². The molecule has 0 aromatic rings. The van der Waals surface area contributed by atoms with Crippen LogP contribution in [0.5, 0.6) is 0 Å². The summed E-state index contributed by atoms with van der Waals surface area (Å²) in [5.41, 5.74) is 6.17. The van der Waals surface area contributed by atoms with Crippen molar-refractivity contribution in [3.63, 3.8) is 0 Å². The topological polar surface area (TPSA) is 64.6 Å². The minimum Gasteiger partial charge on any atom is -0.457 e. The molecule has 0 amide bonds. The zero-order chi connectivity index (χ0) is 24.5. The highest BCUT2D eigenvalue weighted by Gasteiger charge is 2.56. The third-order valence-electron chi connectivity index (χ3n) is 11.0. The summed E-state index contributed by atoms with van der Waals surface area (Å²) in [5, 5.41) is 3.55. The second kappa shape index (κ2) is 8.46. The van der Waals surface area contributed by atoms with Gasteiger partial charge in [0.15, 0.2) is 0 Å². The van der Waals surface area contributed by atoms with Gasteiger partial charge in [-0.25, -0.2) is 0 Å². The lowest BCUT2D eigenvalue weighted by Gasteiger charge is -2.46. The number of esters is 2. The second-order valence-electron chi connectivity index (χ2n) is 13.2. The lowest BCUT2D eigenvalue weighted by Crippen LogP contribution is -2.43. The van der Waals surface area contributed by atoms with E-state index in [1.54, 1.807) is 0 Å². The number of carbonyl (C=O) groups excluding carboxylic acids is 2. The van der Waals surface area contributed by atoms with Gasteiger partial charge in [-0.2, -0.15) is 0 Å². The van der Waals surface area contributed by atoms with Crippen LogP contribution in [0.25, 0.3) is 0 Å². The molecule has 2 saturated heterocycles. The van der Waals surface area contributed by atoms with Gasteiger partial charge in [0.1, 0.15) is 12.2 Å². The van der Waals surface area contributed by atoms with E-state index in [2.05, 4.69) is 33.0 Å². The van der Waals surface area contributed by atoms with Crippen LogP contribution >= 0.6 is 0 Å². The number of hydrogen-bond acceptors (Lipinski definition) is 5. The van der Waals surface area contributed by atoms with Crippen LogP contribution in [0.1, 0.15) is 91.9 Å². The fraction of sp³-hybridized carbons (Fsp3) is 0.800. The average Bonchev–Trinajstić information content (AvgIpc) is 3.28. The third-order valence-corrected chi connectivity index (χ3v) is 11.0. The second-order valence-corrected chi connectivity index (χ2v) is 13.2. The standard InChI is InChI=1S/C30H43NO4/c1-17-7-5-11-29(3)13-9-19-21(27(32)34-25(19)23(17)29)15-31-16-22-20-10-14-30(4)12-6-8-18(2)24(30)26(20)35-28(22)33/h19-22,25-26,31H,5-16H2,1-4H3. The number of rotatable bonds is 4. The molecule has 0 bridgehead atoms. The van der Waals surface area contributed by atoms with E-state index in [1.807, 2.05) is 0 Å². The van der Waals surface area contributed by atoms with E-state index < -0.39 is 0 Å². The first-order chi connectivity index (χ1) is 16.7. The molecule has 0 aromatic carbocycles. The Kier molecular flexibility index (Phi) is 5.75. The molecule has 5 nitrogen and oxygen atoms in total. The van der Waals surface area contributed by atoms with Crippen molar-refractivity contribution in [3.8, 4) is 0 Å². The monoisotopic (exact) mass is 481 g/mol. The van der Waals surface area contributed by atoms with Crippen molar-refractivity contribution in [1.82, 2.24) is 5.32 Å². The van der Waals surface area contributed by atoms with Crippen LogP contribution in [0.15, 0.2) is 22.3 Å². The zero-order valence-electron chi connectivity index (χ0n) is 22.1. The summed E-state index contributed by atoms with van der Waals surface area (Å²) >= 11 is 0. The van der Waals surface area contributed by atoms with Crippen LogP contribution in [-0.2, 0) is 19.1 Å². The molecule has 0 radical (unpaired) electrons. The Morgan fingerprint density at radius 3 is 1.60 bits per heavy atom. The molecule has 1 N–H and O–H groups in total. The summed E-state index contributed by atoms with van der Waals surface area (Å²) < 4.78 is 12.1. The van der Waals surface area contributed by atoms with Gasteiger partial charge in [-0.15, -0.1) is 0 Å². The average molecular weight is 482 g/mol. The highest BCUT2D eigenvalue weighted by atomic mass is 16.6. The van der Waals surface area contributed by atoms with Gasteiger partial charge in [0.2, 0.25) is 0 Å². The lowest BCUT2D eigenvalue weighted by molar-refractivity contribution is -0.144. The van der Waals surface area contributed by atoms with Crippen molar-refractivity contribution in [1.29, 1.82) is 0 Å². The summed E-state index contributed by atoms with van der Waals surface area (Å²) in [6, 6.07) is 0. The van der Waals surface area contributed by atoms with Gasteiger partial charge < -0.3 is 14.8 Å². The maximum Gasteiger partial charge on any atom is 0.311 e. The molecule has 5 heteroatoms. The Morgan fingerprint density at radius 2 is 1.17 bits per heavy atom. The number of ether oxygens (including phenoxy) is 2. The Balaban J connectivity index is 1.13. The van der Waals surface area contributed by atoms with Gasteiger partial charge in [-0.05, 0) is 100 Å². The summed E-state index contributed by atoms with van der Waals surface area (Å²) in [7, 11) is 0. The van der Waals surface area contributed by atoms with Gasteiger partial charge in [-0.1, -0.05) is 25.0 Å². The number of nitrogens with one attached hydrogen (secondary N) is 1. The van der Waals surface area contributed by atoms with Crippen molar-refractivity contribution >= 4 is 11.9 Å². The summed E-state index contributed by atoms with van der Waals surface area (Å²) in [6.45, 7) is 10.4. The van der Waals surface area contributed by atoms with E-state index in [1.165, 1.54) is 48.0 Å². The molecule has 35 heavy (non-hydrogen) atoms. The minimum absolute atomic E-state index is 0.0357. The molecule has 2 heterocycles. The Hall–Kier alpha value is -1.62. The fourth-order valence-corrected chi connectivity index (χ4v) is 9.21. The van der Waals surface area contributed by atoms with Gasteiger partial charge in [0, 0.05) is 24.9 Å². The molecule has 4 aliphatic carbocycles. The molecule has 4 fully saturated rings. The molecule has 192 valence electrons. The number of fused-ring (bicyclic) bond motifs is 6. The van der Waals surface area contributed by atoms with Crippen LogP contribution in [0, 0.1) is 34.5 Å². The molecule has 6 rings (SSSR count). The van der Waals surface area contributed by atoms with E-state index in [4.69, 9.17) is 9.47 Å². The molecule has 8 unspecified atom stereocenters. The van der Waals surface area contributed by atoms with E-state index in [9.17, 15) is 9.59 Å². The largest absolute Gasteiger partial charge is 0.457 e. The highest BCUT2D eigenvalue weighted by molar-refractivity contribution is 5.77. The van der Waals surface area contributed by atoms with E-state index in [0.717, 1.165) is 38.5 Å². The van der Waals surface area contributed by atoms with E-state index in [-0.39, 0.29) is 58.6 Å². The highest BCUT2D eigenvalue weighted by Crippen LogP contribution is 2.57. The first-order valence-electron chi connectivity index (χ1n) is 14.2. The van der Waals surface area contributed by atoms with Gasteiger partial charge in [0.25, 0.3) is 0 Å². The predicted octanol–water partition coefficient (Wildman–Crippen LogP) is 5.49. The molecule has 2 saturated carbocycles. The minimum atomic E-state index is -0.113. The van der Waals surface area contributed by atoms with Crippen LogP contribution in [0.4, 0.5) is 0 Å². The molecular formula is C30H43NO4. The smallest absolute Gasteiger partial charge is 0.311 e. The molecule has 0 spiro atoms. The van der Waals surface area contributed by atoms with Gasteiger partial charge in [0.05, 0.1) is 11.8 Å². The number of carbonyl (C=O) groups is 2. The van der Waals surface area contributed by atoms with Crippen molar-refractivity contribution < 1.29 is 19.1 Å². The summed E-state index contributed by atoms with van der Waals surface area (Å²) in [6.07, 6.45) is 11.5. The zero-order valence-corrected chi connectivity index (χ0v) is 22.1. The maximum absolute atomic E-state index is 13.0. The van der Waals surface area contributed by atoms with Crippen LogP contribution in [0.2, 0.25) is 0 Å². The number of allylic oxidation sites excluding steroid dienone is 2. The van der Waals surface area contributed by atoms with Crippen molar-refractivity contribution in [2.45, 2.75) is 104 Å². The lowest BCUT2D eigenvalue weighted by atomic mass is 9.59. The fourth-order valence-electron chi connectivity index (χ4n) is 9.21. The molecular weight excluding hydrogens is 438 g/mol. The Morgan fingerprint density at radius 1 is 0.743 bits per heavy atom. The van der Waals surface area contributed by atoms with Gasteiger partial charge in [-0.3, -0.25) is 9.59 Å². The Bertz CT molecular complexity index is 918. The molecule has 6 aliphatic rings. The predicted molar refractivity (Wildman–Crippen MR) is 134 cm³/mol. The summed E-state index contributed by atoms with van der Waals surface area (Å²) in [4.78, 5) is 26.0. The van der Waals surface area contributed by atoms with Crippen LogP contribution in [0.3, 0.4) is 0 Å². The van der Waals surface area contributed by atoms with E-state index in [0.29, 0.717) is 13.1 Å². The van der Waals surface area contributed by atoms with Gasteiger partial charge >= 0.3 is 11.9 Å². The quantitative estimate of drug-likeness (QED) is 0.425. The Labute approximate surface area is 210 Å². The van der Waals surface area contributed by atoms with Crippen LogP contribution in [-0.4, -0.2) is 37.2 Å². The van der Waals surface area contributed by atoms with Crippen molar-refractivity contribution in [2.24, 2.45) is 34.5 Å². The summed E-state index contributed by atoms with van der Waals surface area (Å²) in [5.74, 6) is 0.201. The molecule has 8 atom stereocenters. The molecule has 0 aromatic heterocycles. The third kappa shape index (κ3) is 3.66. The molecule has 2 aliphatic heterocycles. The SMILES string of the molecule is CC1=C2C3OC(=O)C(CNCC4C(=O)OC5C6=C(C)CCCC6(C)CCC45)C3CCC2(C)CCC1. The first-order valence-corrected chi connectivity index (χ1v) is 14.2. The first kappa shape index (κ1) is 23.8. The normalized spacial score (nSPS) is 44.9. The number of hydrogen-bond donors (Lipinski definition) is 1.